The predicted molar refractivity (Wildman–Crippen MR) is 44.1 cm³/mol. The molecular weight excluding hydrogens is 158 g/mol. The van der Waals surface area contributed by atoms with Crippen LogP contribution in [0.5, 0.6) is 0 Å². The van der Waals surface area contributed by atoms with Crippen molar-refractivity contribution in [1.29, 1.82) is 0 Å². The predicted octanol–water partition coefficient (Wildman–Crippen LogP) is 0.365. The average Bonchev–Trinajstić information content (AvgIpc) is 2.03. The molecule has 0 aromatic carbocycles. The third kappa shape index (κ3) is 3.68. The standard InChI is InChI=1S/C8H11NO3/c1-4-5-12-9-8(11)7(10)6(2)3/h4H,1-2,5H2,3H3,(H,9,11). The zero-order chi connectivity index (χ0) is 9.56. The normalized spacial score (nSPS) is 8.75. The van der Waals surface area contributed by atoms with E-state index in [1.807, 2.05) is 5.48 Å². The summed E-state index contributed by atoms with van der Waals surface area (Å²) in [6.07, 6.45) is 1.45. The molecule has 0 aliphatic carbocycles. The summed E-state index contributed by atoms with van der Waals surface area (Å²) in [5, 5.41) is 0. The van der Waals surface area contributed by atoms with Crippen molar-refractivity contribution < 1.29 is 14.4 Å². The van der Waals surface area contributed by atoms with Crippen LogP contribution in [0.2, 0.25) is 0 Å². The van der Waals surface area contributed by atoms with Gasteiger partial charge in [0.1, 0.15) is 0 Å². The van der Waals surface area contributed by atoms with E-state index in [0.29, 0.717) is 0 Å². The molecule has 0 aromatic rings. The Bertz CT molecular complexity index is 220. The van der Waals surface area contributed by atoms with Crippen LogP contribution in [0.3, 0.4) is 0 Å². The Morgan fingerprint density at radius 1 is 1.58 bits per heavy atom. The smallest absolute Gasteiger partial charge is 0.283 e. The van der Waals surface area contributed by atoms with Gasteiger partial charge in [-0.1, -0.05) is 12.7 Å². The monoisotopic (exact) mass is 169 g/mol. The maximum atomic E-state index is 10.8. The van der Waals surface area contributed by atoms with Crippen LogP contribution in [0.25, 0.3) is 0 Å². The number of ketones is 1. The van der Waals surface area contributed by atoms with E-state index in [2.05, 4.69) is 18.0 Å². The maximum Gasteiger partial charge on any atom is 0.315 e. The Morgan fingerprint density at radius 3 is 2.58 bits per heavy atom. The first-order valence-corrected chi connectivity index (χ1v) is 3.32. The molecule has 0 bridgehead atoms. The van der Waals surface area contributed by atoms with Crippen LogP contribution in [-0.2, 0) is 14.4 Å². The summed E-state index contributed by atoms with van der Waals surface area (Å²) in [5.41, 5.74) is 2.12. The fourth-order valence-electron chi connectivity index (χ4n) is 0.406. The van der Waals surface area contributed by atoms with Gasteiger partial charge in [0.05, 0.1) is 6.61 Å². The number of amides is 1. The lowest BCUT2D eigenvalue weighted by Gasteiger charge is -2.01. The molecule has 1 N–H and O–H groups in total. The zero-order valence-corrected chi connectivity index (χ0v) is 6.92. The van der Waals surface area contributed by atoms with Gasteiger partial charge in [0, 0.05) is 0 Å². The van der Waals surface area contributed by atoms with Crippen molar-refractivity contribution in [1.82, 2.24) is 5.48 Å². The number of hydrogen-bond acceptors (Lipinski definition) is 3. The summed E-state index contributed by atoms with van der Waals surface area (Å²) in [5.74, 6) is -1.50. The lowest BCUT2D eigenvalue weighted by molar-refractivity contribution is -0.143. The molecule has 0 unspecified atom stereocenters. The highest BCUT2D eigenvalue weighted by atomic mass is 16.6. The number of nitrogens with one attached hydrogen (secondary N) is 1. The number of rotatable bonds is 5. The third-order valence-corrected chi connectivity index (χ3v) is 0.960. The molecule has 0 atom stereocenters. The fraction of sp³-hybridized carbons (Fsp3) is 0.250. The van der Waals surface area contributed by atoms with Crippen LogP contribution in [0.4, 0.5) is 0 Å². The third-order valence-electron chi connectivity index (χ3n) is 0.960. The summed E-state index contributed by atoms with van der Waals surface area (Å²) in [6, 6.07) is 0. The number of Topliss-reactive ketones (excluding diaryl/α,β-unsaturated/α-hetero) is 1. The van der Waals surface area contributed by atoms with E-state index in [1.54, 1.807) is 0 Å². The highest BCUT2D eigenvalue weighted by Gasteiger charge is 2.13. The van der Waals surface area contributed by atoms with E-state index in [-0.39, 0.29) is 12.2 Å². The Labute approximate surface area is 70.9 Å². The van der Waals surface area contributed by atoms with Crippen molar-refractivity contribution in [3.05, 3.63) is 24.8 Å². The number of hydroxylamine groups is 1. The molecule has 0 saturated carbocycles. The number of carbonyl (C=O) groups excluding carboxylic acids is 2. The molecule has 0 fully saturated rings. The van der Waals surface area contributed by atoms with E-state index >= 15 is 0 Å². The summed E-state index contributed by atoms with van der Waals surface area (Å²) >= 11 is 0. The van der Waals surface area contributed by atoms with Gasteiger partial charge in [-0.2, -0.15) is 0 Å². The Kier molecular flexibility index (Phi) is 4.64. The molecule has 1 amide bonds. The Morgan fingerprint density at radius 2 is 2.17 bits per heavy atom. The fourth-order valence-corrected chi connectivity index (χ4v) is 0.406. The lowest BCUT2D eigenvalue weighted by Crippen LogP contribution is -2.31. The van der Waals surface area contributed by atoms with Crippen molar-refractivity contribution in [2.75, 3.05) is 6.61 Å². The Hall–Kier alpha value is -1.42. The molecular formula is C8H11NO3. The molecule has 0 aromatic heterocycles. The van der Waals surface area contributed by atoms with Gasteiger partial charge < -0.3 is 0 Å². The van der Waals surface area contributed by atoms with E-state index < -0.39 is 11.7 Å². The van der Waals surface area contributed by atoms with Gasteiger partial charge >= 0.3 is 5.91 Å². The molecule has 0 aliphatic heterocycles. The minimum atomic E-state index is -0.815. The van der Waals surface area contributed by atoms with Gasteiger partial charge in [0.2, 0.25) is 5.78 Å². The van der Waals surface area contributed by atoms with Crippen LogP contribution >= 0.6 is 0 Å². The molecule has 4 nitrogen and oxygen atoms in total. The van der Waals surface area contributed by atoms with Gasteiger partial charge in [0.15, 0.2) is 0 Å². The van der Waals surface area contributed by atoms with Gasteiger partial charge in [-0.3, -0.25) is 14.4 Å². The van der Waals surface area contributed by atoms with Crippen molar-refractivity contribution in [2.24, 2.45) is 0 Å². The van der Waals surface area contributed by atoms with Crippen molar-refractivity contribution in [3.63, 3.8) is 0 Å². The summed E-state index contributed by atoms with van der Waals surface area (Å²) in [7, 11) is 0. The second-order valence-electron chi connectivity index (χ2n) is 2.14. The van der Waals surface area contributed by atoms with Crippen LogP contribution < -0.4 is 5.48 Å². The van der Waals surface area contributed by atoms with Crippen LogP contribution in [0, 0.1) is 0 Å². The second kappa shape index (κ2) is 5.26. The highest BCUT2D eigenvalue weighted by molar-refractivity contribution is 6.42. The molecule has 66 valence electrons. The van der Waals surface area contributed by atoms with Gasteiger partial charge in [0.25, 0.3) is 0 Å². The SMILES string of the molecule is C=CCONC(=O)C(=O)C(=C)C. The van der Waals surface area contributed by atoms with Gasteiger partial charge in [-0.15, -0.1) is 6.58 Å². The number of carbonyl (C=O) groups is 2. The topological polar surface area (TPSA) is 55.4 Å². The summed E-state index contributed by atoms with van der Waals surface area (Å²) in [6.45, 7) is 8.29. The van der Waals surface area contributed by atoms with Crippen LogP contribution in [0.15, 0.2) is 24.8 Å². The minimum absolute atomic E-state index is 0.162. The van der Waals surface area contributed by atoms with E-state index in [4.69, 9.17) is 0 Å². The van der Waals surface area contributed by atoms with Gasteiger partial charge in [-0.25, -0.2) is 5.48 Å². The first-order valence-electron chi connectivity index (χ1n) is 3.32. The van der Waals surface area contributed by atoms with Crippen LogP contribution in [0.1, 0.15) is 6.92 Å². The largest absolute Gasteiger partial charge is 0.315 e. The average molecular weight is 169 g/mol. The lowest BCUT2D eigenvalue weighted by atomic mass is 10.2. The molecule has 0 spiro atoms. The molecule has 12 heavy (non-hydrogen) atoms. The van der Waals surface area contributed by atoms with Crippen molar-refractivity contribution >= 4 is 11.7 Å². The highest BCUT2D eigenvalue weighted by Crippen LogP contribution is 1.88. The molecule has 0 heterocycles. The molecule has 0 rings (SSSR count). The number of hydrogen-bond donors (Lipinski definition) is 1. The van der Waals surface area contributed by atoms with Crippen molar-refractivity contribution in [2.45, 2.75) is 6.92 Å². The first-order chi connectivity index (χ1) is 5.59. The molecule has 0 radical (unpaired) electrons. The second-order valence-corrected chi connectivity index (χ2v) is 2.14. The minimum Gasteiger partial charge on any atom is -0.283 e. The summed E-state index contributed by atoms with van der Waals surface area (Å²) in [4.78, 5) is 26.1. The zero-order valence-electron chi connectivity index (χ0n) is 6.92. The molecule has 0 aliphatic rings. The van der Waals surface area contributed by atoms with E-state index in [0.717, 1.165) is 0 Å². The van der Waals surface area contributed by atoms with Crippen LogP contribution in [-0.4, -0.2) is 18.3 Å². The first kappa shape index (κ1) is 10.6. The Balaban J connectivity index is 3.80. The van der Waals surface area contributed by atoms with E-state index in [1.165, 1.54) is 13.0 Å². The summed E-state index contributed by atoms with van der Waals surface area (Å²) < 4.78 is 0. The quantitative estimate of drug-likeness (QED) is 0.212. The molecule has 0 saturated heterocycles. The van der Waals surface area contributed by atoms with Crippen molar-refractivity contribution in [3.8, 4) is 0 Å². The maximum absolute atomic E-state index is 10.8. The molecule has 4 heteroatoms. The van der Waals surface area contributed by atoms with Gasteiger partial charge in [-0.05, 0) is 12.5 Å². The van der Waals surface area contributed by atoms with E-state index in [9.17, 15) is 9.59 Å².